The van der Waals surface area contributed by atoms with Gasteiger partial charge < -0.3 is 0 Å². The van der Waals surface area contributed by atoms with E-state index in [9.17, 15) is 8.42 Å². The number of nitrogens with one attached hydrogen (secondary N) is 1. The van der Waals surface area contributed by atoms with E-state index in [2.05, 4.69) is 4.72 Å². The summed E-state index contributed by atoms with van der Waals surface area (Å²) >= 11 is 0. The van der Waals surface area contributed by atoms with Crippen molar-refractivity contribution in [3.63, 3.8) is 0 Å². The number of hydrogen-bond acceptors (Lipinski definition) is 2. The van der Waals surface area contributed by atoms with Crippen LogP contribution in [0.3, 0.4) is 0 Å². The van der Waals surface area contributed by atoms with E-state index in [0.717, 1.165) is 32.1 Å². The fourth-order valence-electron chi connectivity index (χ4n) is 2.24. The zero-order valence-corrected chi connectivity index (χ0v) is 9.60. The van der Waals surface area contributed by atoms with Gasteiger partial charge in [0, 0.05) is 5.54 Å². The van der Waals surface area contributed by atoms with Gasteiger partial charge in [-0.25, -0.2) is 0 Å². The Kier molecular flexibility index (Phi) is 3.55. The van der Waals surface area contributed by atoms with E-state index in [1.54, 1.807) is 0 Å². The third-order valence-corrected chi connectivity index (χ3v) is 3.85. The maximum Gasteiger partial charge on any atom is 0.333 e. The zero-order valence-electron chi connectivity index (χ0n) is 8.78. The topological polar surface area (TPSA) is 66.4 Å². The van der Waals surface area contributed by atoms with Gasteiger partial charge in [0.1, 0.15) is 0 Å². The third kappa shape index (κ3) is 2.93. The molecule has 0 heterocycles. The molecule has 1 saturated carbocycles. The Morgan fingerprint density at radius 2 is 1.71 bits per heavy atom. The monoisotopic (exact) mass is 221 g/mol. The first-order valence-corrected chi connectivity index (χ1v) is 6.56. The molecule has 0 spiro atoms. The van der Waals surface area contributed by atoms with Crippen LogP contribution in [0.15, 0.2) is 0 Å². The highest BCUT2D eigenvalue weighted by atomic mass is 32.2. The van der Waals surface area contributed by atoms with Crippen molar-refractivity contribution in [2.75, 3.05) is 0 Å². The first-order valence-electron chi connectivity index (χ1n) is 5.12. The first kappa shape index (κ1) is 11.9. The molecule has 4 nitrogen and oxygen atoms in total. The highest BCUT2D eigenvalue weighted by Gasteiger charge is 2.38. The second-order valence-electron chi connectivity index (χ2n) is 4.45. The minimum absolute atomic E-state index is 0.213. The summed E-state index contributed by atoms with van der Waals surface area (Å²) in [4.78, 5) is 0. The average Bonchev–Trinajstić information content (AvgIpc) is 2.02. The van der Waals surface area contributed by atoms with Crippen molar-refractivity contribution in [2.24, 2.45) is 5.92 Å². The summed E-state index contributed by atoms with van der Waals surface area (Å²) in [7, 11) is -4.08. The lowest BCUT2D eigenvalue weighted by atomic mass is 9.75. The molecule has 0 aliphatic heterocycles. The van der Waals surface area contributed by atoms with Crippen molar-refractivity contribution < 1.29 is 13.0 Å². The van der Waals surface area contributed by atoms with Crippen molar-refractivity contribution in [1.29, 1.82) is 0 Å². The molecule has 1 rings (SSSR count). The molecule has 0 radical (unpaired) electrons. The molecule has 0 aromatic carbocycles. The lowest BCUT2D eigenvalue weighted by molar-refractivity contribution is 0.193. The molecule has 0 atom stereocenters. The van der Waals surface area contributed by atoms with Crippen LogP contribution >= 0.6 is 0 Å². The van der Waals surface area contributed by atoms with Gasteiger partial charge in [-0.1, -0.05) is 33.1 Å². The standard InChI is InChI=1S/C9H19NO3S/c1-8(2)9(10-14(11,12)13)6-4-3-5-7-9/h8,10H,3-7H2,1-2H3,(H,11,12,13). The minimum atomic E-state index is -4.08. The Morgan fingerprint density at radius 1 is 1.21 bits per heavy atom. The van der Waals surface area contributed by atoms with Crippen LogP contribution in [0.2, 0.25) is 0 Å². The molecule has 2 N–H and O–H groups in total. The SMILES string of the molecule is CC(C)C1(NS(=O)(=O)O)CCCCC1. The Hall–Kier alpha value is -0.130. The lowest BCUT2D eigenvalue weighted by Crippen LogP contribution is -2.53. The molecule has 0 amide bonds. The van der Waals surface area contributed by atoms with E-state index in [4.69, 9.17) is 4.55 Å². The van der Waals surface area contributed by atoms with Gasteiger partial charge in [-0.3, -0.25) is 4.55 Å². The quantitative estimate of drug-likeness (QED) is 0.713. The van der Waals surface area contributed by atoms with Gasteiger partial charge in [0.05, 0.1) is 0 Å². The van der Waals surface area contributed by atoms with E-state index in [0.29, 0.717) is 0 Å². The number of hydrogen-bond donors (Lipinski definition) is 2. The normalized spacial score (nSPS) is 22.6. The van der Waals surface area contributed by atoms with Crippen LogP contribution in [0.1, 0.15) is 46.0 Å². The van der Waals surface area contributed by atoms with E-state index >= 15 is 0 Å². The molecule has 1 aliphatic rings. The predicted molar refractivity (Wildman–Crippen MR) is 55.3 cm³/mol. The summed E-state index contributed by atoms with van der Waals surface area (Å²) in [6, 6.07) is 0. The maximum absolute atomic E-state index is 10.9. The Balaban J connectivity index is 2.81. The van der Waals surface area contributed by atoms with E-state index in [1.807, 2.05) is 13.8 Å². The lowest BCUT2D eigenvalue weighted by Gasteiger charge is -2.40. The minimum Gasteiger partial charge on any atom is -0.273 e. The van der Waals surface area contributed by atoms with Crippen molar-refractivity contribution in [2.45, 2.75) is 51.5 Å². The fourth-order valence-corrected chi connectivity index (χ4v) is 3.19. The molecule has 0 bridgehead atoms. The largest absolute Gasteiger partial charge is 0.333 e. The van der Waals surface area contributed by atoms with Gasteiger partial charge in [0.2, 0.25) is 0 Å². The molecule has 1 fully saturated rings. The van der Waals surface area contributed by atoms with Gasteiger partial charge in [0.15, 0.2) is 0 Å². The molecule has 0 saturated heterocycles. The number of rotatable bonds is 3. The fraction of sp³-hybridized carbons (Fsp3) is 1.00. The van der Waals surface area contributed by atoms with E-state index in [-0.39, 0.29) is 5.92 Å². The highest BCUT2D eigenvalue weighted by Crippen LogP contribution is 2.34. The highest BCUT2D eigenvalue weighted by molar-refractivity contribution is 7.83. The van der Waals surface area contributed by atoms with Crippen molar-refractivity contribution in [3.8, 4) is 0 Å². The second-order valence-corrected chi connectivity index (χ2v) is 5.60. The molecule has 14 heavy (non-hydrogen) atoms. The van der Waals surface area contributed by atoms with Crippen LogP contribution in [0.5, 0.6) is 0 Å². The van der Waals surface area contributed by atoms with Gasteiger partial charge in [0.25, 0.3) is 0 Å². The van der Waals surface area contributed by atoms with E-state index in [1.165, 1.54) is 0 Å². The second kappa shape index (κ2) is 4.16. The Morgan fingerprint density at radius 3 is 2.07 bits per heavy atom. The maximum atomic E-state index is 10.9. The van der Waals surface area contributed by atoms with E-state index < -0.39 is 15.8 Å². The molecule has 0 aromatic heterocycles. The van der Waals surface area contributed by atoms with Crippen molar-refractivity contribution >= 4 is 10.3 Å². The van der Waals surface area contributed by atoms with Gasteiger partial charge >= 0.3 is 10.3 Å². The van der Waals surface area contributed by atoms with Gasteiger partial charge in [-0.15, -0.1) is 0 Å². The molecular weight excluding hydrogens is 202 g/mol. The van der Waals surface area contributed by atoms with Crippen LogP contribution < -0.4 is 4.72 Å². The van der Waals surface area contributed by atoms with Gasteiger partial charge in [-0.05, 0) is 18.8 Å². The van der Waals surface area contributed by atoms with Crippen molar-refractivity contribution in [1.82, 2.24) is 4.72 Å². The average molecular weight is 221 g/mol. The molecule has 5 heteroatoms. The smallest absolute Gasteiger partial charge is 0.273 e. The molecule has 0 unspecified atom stereocenters. The Labute approximate surface area is 86.0 Å². The molecule has 0 aromatic rings. The Bertz CT molecular complexity index is 278. The molecule has 1 aliphatic carbocycles. The van der Waals surface area contributed by atoms with Crippen LogP contribution in [0.4, 0.5) is 0 Å². The summed E-state index contributed by atoms with van der Waals surface area (Å²) in [5.41, 5.74) is -0.425. The predicted octanol–water partition coefficient (Wildman–Crippen LogP) is 1.74. The van der Waals surface area contributed by atoms with Crippen LogP contribution in [0, 0.1) is 5.92 Å². The summed E-state index contributed by atoms with van der Waals surface area (Å²) in [6.45, 7) is 3.98. The summed E-state index contributed by atoms with van der Waals surface area (Å²) in [6.07, 6.45) is 4.86. The first-order chi connectivity index (χ1) is 6.36. The zero-order chi connectivity index (χ0) is 10.8. The molecule has 84 valence electrons. The van der Waals surface area contributed by atoms with Crippen LogP contribution in [0.25, 0.3) is 0 Å². The summed E-state index contributed by atoms with van der Waals surface area (Å²) < 4.78 is 33.0. The third-order valence-electron chi connectivity index (χ3n) is 3.18. The van der Waals surface area contributed by atoms with Gasteiger partial charge in [-0.2, -0.15) is 13.1 Å². The summed E-state index contributed by atoms with van der Waals surface area (Å²) in [5, 5.41) is 0. The molecular formula is C9H19NO3S. The van der Waals surface area contributed by atoms with Crippen molar-refractivity contribution in [3.05, 3.63) is 0 Å². The summed E-state index contributed by atoms with van der Waals surface area (Å²) in [5.74, 6) is 0.213. The van der Waals surface area contributed by atoms with Crippen LogP contribution in [-0.2, 0) is 10.3 Å². The van der Waals surface area contributed by atoms with Crippen LogP contribution in [-0.4, -0.2) is 18.5 Å².